The number of esters is 2. The molecule has 12 rings (SSSR count). The Morgan fingerprint density at radius 3 is 1.79 bits per heavy atom. The van der Waals surface area contributed by atoms with Crippen LogP contribution in [0.1, 0.15) is 36.0 Å². The highest BCUT2D eigenvalue weighted by molar-refractivity contribution is 8.04. The van der Waals surface area contributed by atoms with Crippen LogP contribution < -0.4 is 18.5 Å². The predicted molar refractivity (Wildman–Crippen MR) is 312 cm³/mol. The molecule has 7 aromatic rings. The van der Waals surface area contributed by atoms with E-state index < -0.39 is 16.8 Å². The largest absolute Gasteiger partial charge is 0.481 e. The zero-order valence-corrected chi connectivity index (χ0v) is 43.7. The first-order valence-electron chi connectivity index (χ1n) is 26.0. The van der Waals surface area contributed by atoms with E-state index in [1.165, 1.54) is 6.08 Å². The first kappa shape index (κ1) is 49.3. The van der Waals surface area contributed by atoms with Crippen molar-refractivity contribution in [3.8, 4) is 22.6 Å². The second-order valence-corrected chi connectivity index (χ2v) is 21.7. The number of para-hydroxylation sites is 1. The molecule has 2 atom stereocenters. The summed E-state index contributed by atoms with van der Waals surface area (Å²) in [6.07, 6.45) is 17.4. The second kappa shape index (κ2) is 22.3. The molecule has 77 heavy (non-hydrogen) atoms. The number of rotatable bonds is 13. The van der Waals surface area contributed by atoms with E-state index in [1.807, 2.05) is 115 Å². The molecule has 1 fully saturated rings. The topological polar surface area (TPSA) is 89.8 Å². The summed E-state index contributed by atoms with van der Waals surface area (Å²) in [5, 5.41) is -0.468. The lowest BCUT2D eigenvalue weighted by Crippen LogP contribution is -2.45. The van der Waals surface area contributed by atoms with E-state index in [9.17, 15) is 9.59 Å². The first-order valence-corrected chi connectivity index (χ1v) is 27.7. The quantitative estimate of drug-likeness (QED) is 0.0645. The number of hydrogen-bond donors (Lipinski definition) is 0. The molecule has 0 N–H and O–H groups in total. The van der Waals surface area contributed by atoms with E-state index in [2.05, 4.69) is 114 Å². The molecule has 0 aliphatic carbocycles. The molecular formula is C67H53N3O5S2. The second-order valence-electron chi connectivity index (χ2n) is 19.4. The van der Waals surface area contributed by atoms with E-state index >= 15 is 0 Å². The van der Waals surface area contributed by atoms with Crippen LogP contribution >= 0.6 is 23.1 Å². The van der Waals surface area contributed by atoms with Crippen molar-refractivity contribution in [2.24, 2.45) is 15.9 Å². The third-order valence-corrected chi connectivity index (χ3v) is 16.7. The molecule has 5 aliphatic rings. The molecule has 0 radical (unpaired) electrons. The summed E-state index contributed by atoms with van der Waals surface area (Å²) in [7, 11) is 0. The molecule has 0 spiro atoms. The highest BCUT2D eigenvalue weighted by Gasteiger charge is 2.50. The van der Waals surface area contributed by atoms with Gasteiger partial charge in [0, 0.05) is 56.1 Å². The van der Waals surface area contributed by atoms with Crippen LogP contribution in [0.25, 0.3) is 27.8 Å². The number of fused-ring (bicyclic) bond motifs is 6. The molecule has 8 bridgehead atoms. The van der Waals surface area contributed by atoms with Crippen LogP contribution in [0.2, 0.25) is 0 Å². The SMILES string of the molecule is O=C(C=CN1CCC(COC(=O)CC2(Oc3ccccc3)C=C3C=C4C=CC(=N4)C(c4ccccc4)=c4ccc(s4)=C(c4ccccc4)C4=NC(=C(c5ccccc5)C2S3)C=C4)CC1)Oc1ccc(-c2ccccc2)cc1. The van der Waals surface area contributed by atoms with Gasteiger partial charge >= 0.3 is 11.9 Å². The number of thiophene rings is 1. The molecule has 1 aromatic heterocycles. The van der Waals surface area contributed by atoms with Crippen molar-refractivity contribution in [1.29, 1.82) is 0 Å². The molecule has 378 valence electrons. The highest BCUT2D eigenvalue weighted by atomic mass is 32.2. The molecule has 8 nitrogen and oxygen atoms in total. The maximum Gasteiger partial charge on any atom is 0.337 e. The van der Waals surface area contributed by atoms with Gasteiger partial charge in [-0.3, -0.25) is 4.79 Å². The van der Waals surface area contributed by atoms with Gasteiger partial charge in [0.15, 0.2) is 5.60 Å². The minimum Gasteiger partial charge on any atom is -0.481 e. The fourth-order valence-electron chi connectivity index (χ4n) is 10.4. The van der Waals surface area contributed by atoms with Crippen molar-refractivity contribution >= 4 is 63.2 Å². The highest BCUT2D eigenvalue weighted by Crippen LogP contribution is 2.52. The lowest BCUT2D eigenvalue weighted by Gasteiger charge is -2.36. The number of hydrogen-bond acceptors (Lipinski definition) is 10. The van der Waals surface area contributed by atoms with Crippen LogP contribution in [0, 0.1) is 5.92 Å². The molecule has 1 saturated heterocycles. The molecule has 0 saturated carbocycles. The Morgan fingerprint density at radius 2 is 1.16 bits per heavy atom. The van der Waals surface area contributed by atoms with Gasteiger partial charge in [0.25, 0.3) is 0 Å². The molecule has 6 aromatic carbocycles. The number of likely N-dealkylation sites (tertiary alicyclic amines) is 1. The monoisotopic (exact) mass is 1040 g/mol. The Balaban J connectivity index is 0.857. The van der Waals surface area contributed by atoms with Gasteiger partial charge in [-0.15, -0.1) is 23.1 Å². The van der Waals surface area contributed by atoms with Crippen molar-refractivity contribution in [2.45, 2.75) is 30.1 Å². The smallest absolute Gasteiger partial charge is 0.337 e. The maximum atomic E-state index is 14.7. The Bertz CT molecular complexity index is 3720. The van der Waals surface area contributed by atoms with Crippen LogP contribution in [0.15, 0.2) is 263 Å². The lowest BCUT2D eigenvalue weighted by molar-refractivity contribution is -0.148. The summed E-state index contributed by atoms with van der Waals surface area (Å²) in [6, 6.07) is 63.0. The molecule has 6 heterocycles. The van der Waals surface area contributed by atoms with Crippen molar-refractivity contribution in [2.75, 3.05) is 19.7 Å². The minimum atomic E-state index is -1.23. The predicted octanol–water partition coefficient (Wildman–Crippen LogP) is 12.7. The Labute approximate surface area is 456 Å². The van der Waals surface area contributed by atoms with E-state index in [4.69, 9.17) is 24.2 Å². The number of ether oxygens (including phenoxy) is 3. The minimum absolute atomic E-state index is 0.0653. The Hall–Kier alpha value is -8.57. The van der Waals surface area contributed by atoms with Crippen LogP contribution in [-0.2, 0) is 14.3 Å². The number of benzene rings is 6. The number of carbonyl (C=O) groups excluding carboxylic acids is 2. The van der Waals surface area contributed by atoms with E-state index in [0.29, 0.717) is 24.6 Å². The number of nitrogens with zero attached hydrogens (tertiary/aromatic N) is 3. The van der Waals surface area contributed by atoms with E-state index in [1.54, 1.807) is 29.3 Å². The van der Waals surface area contributed by atoms with Crippen molar-refractivity contribution < 1.29 is 23.8 Å². The summed E-state index contributed by atoms with van der Waals surface area (Å²) in [5.74, 6) is 0.468. The average Bonchev–Trinajstić information content (AvgIpc) is 4.42. The van der Waals surface area contributed by atoms with Gasteiger partial charge < -0.3 is 19.1 Å². The lowest BCUT2D eigenvalue weighted by atomic mass is 9.85. The van der Waals surface area contributed by atoms with Crippen LogP contribution in [0.4, 0.5) is 0 Å². The fraction of sp³-hybridized carbons (Fsp3) is 0.134. The summed E-state index contributed by atoms with van der Waals surface area (Å²) in [5.41, 5.74) is 10.4. The molecule has 2 unspecified atom stereocenters. The standard InChI is InChI=1S/C67H53N3O5S2/c71-61(74-53-29-26-48(27-30-53)47-16-6-1-7-17-47)38-41-70-39-36-46(37-40-70)45-73-62(72)44-67(75-54-24-14-5-15-25-54)43-55-42-52-28-31-56(68-52)63(49-18-8-2-9-19-49)59-34-35-60(77-59)64(50-20-10-3-11-21-50)57-32-33-58(69-57)65(66(67)76-55)51-22-12-4-13-23-51/h1-35,38,41-43,46,66H,36-37,39-40,44-45H2. The van der Waals surface area contributed by atoms with Gasteiger partial charge in [0.2, 0.25) is 0 Å². The van der Waals surface area contributed by atoms with Crippen molar-refractivity contribution in [1.82, 2.24) is 4.90 Å². The van der Waals surface area contributed by atoms with Gasteiger partial charge in [0.05, 0.1) is 41.1 Å². The van der Waals surface area contributed by atoms with Gasteiger partial charge in [-0.1, -0.05) is 152 Å². The van der Waals surface area contributed by atoms with E-state index in [-0.39, 0.29) is 24.9 Å². The third-order valence-electron chi connectivity index (χ3n) is 14.2. The normalized spacial score (nSPS) is 19.0. The number of aliphatic imine (C=N–C) groups is 2. The van der Waals surface area contributed by atoms with Crippen LogP contribution in [-0.4, -0.2) is 58.8 Å². The molecule has 0 amide bonds. The number of thioether (sulfide) groups is 1. The van der Waals surface area contributed by atoms with Crippen molar-refractivity contribution in [3.05, 3.63) is 279 Å². The first-order chi connectivity index (χ1) is 37.9. The van der Waals surface area contributed by atoms with Gasteiger partial charge in [-0.2, -0.15) is 0 Å². The Kier molecular flexibility index (Phi) is 14.3. The number of piperidine rings is 1. The van der Waals surface area contributed by atoms with Crippen LogP contribution in [0.3, 0.4) is 0 Å². The zero-order chi connectivity index (χ0) is 52.0. The molecular weight excluding hydrogens is 991 g/mol. The summed E-state index contributed by atoms with van der Waals surface area (Å²) < 4.78 is 21.4. The fourth-order valence-corrected chi connectivity index (χ4v) is 13.1. The Morgan fingerprint density at radius 1 is 0.597 bits per heavy atom. The third kappa shape index (κ3) is 11.1. The maximum absolute atomic E-state index is 14.7. The number of allylic oxidation sites excluding steroid dienone is 5. The zero-order valence-electron chi connectivity index (χ0n) is 42.1. The van der Waals surface area contributed by atoms with Gasteiger partial charge in [-0.05, 0) is 119 Å². The molecule has 10 heteroatoms. The van der Waals surface area contributed by atoms with Gasteiger partial charge in [0.1, 0.15) is 11.5 Å². The summed E-state index contributed by atoms with van der Waals surface area (Å²) >= 11 is 3.39. The van der Waals surface area contributed by atoms with Crippen molar-refractivity contribution in [3.63, 3.8) is 0 Å². The van der Waals surface area contributed by atoms with Crippen LogP contribution in [0.5, 0.6) is 11.5 Å². The summed E-state index contributed by atoms with van der Waals surface area (Å²) in [6.45, 7) is 1.69. The van der Waals surface area contributed by atoms with E-state index in [0.717, 1.165) is 94.2 Å². The summed E-state index contributed by atoms with van der Waals surface area (Å²) in [4.78, 5) is 41.5. The number of carbonyl (C=O) groups is 2. The molecule has 5 aliphatic heterocycles. The average molecular weight is 1040 g/mol. The van der Waals surface area contributed by atoms with Gasteiger partial charge in [-0.25, -0.2) is 14.8 Å².